The number of hydrogen-bond donors (Lipinski definition) is 1. The zero-order valence-electron chi connectivity index (χ0n) is 12.5. The minimum atomic E-state index is 0.226. The van der Waals surface area contributed by atoms with Crippen LogP contribution in [0.2, 0.25) is 5.02 Å². The second kappa shape index (κ2) is 8.49. The van der Waals surface area contributed by atoms with Gasteiger partial charge < -0.3 is 14.8 Å². The molecule has 1 heterocycles. The lowest BCUT2D eigenvalue weighted by Gasteiger charge is -2.38. The third-order valence-electron chi connectivity index (χ3n) is 4.12. The molecule has 0 amide bonds. The third kappa shape index (κ3) is 5.22. The van der Waals surface area contributed by atoms with Crippen LogP contribution in [0.25, 0.3) is 0 Å². The molecule has 0 aliphatic carbocycles. The number of methoxy groups -OCH3 is 1. The highest BCUT2D eigenvalue weighted by atomic mass is 79.9. The summed E-state index contributed by atoms with van der Waals surface area (Å²) in [5.74, 6) is 0. The van der Waals surface area contributed by atoms with E-state index in [1.54, 1.807) is 7.11 Å². The van der Waals surface area contributed by atoms with Crippen LogP contribution in [0.4, 0.5) is 0 Å². The molecule has 1 aromatic carbocycles. The van der Waals surface area contributed by atoms with Gasteiger partial charge in [-0.1, -0.05) is 33.6 Å². The molecule has 3 nitrogen and oxygen atoms in total. The average Bonchev–Trinajstić information content (AvgIpc) is 2.48. The Morgan fingerprint density at radius 2 is 2.14 bits per heavy atom. The fourth-order valence-corrected chi connectivity index (χ4v) is 3.56. The molecule has 0 radical (unpaired) electrons. The van der Waals surface area contributed by atoms with Crippen LogP contribution in [0.15, 0.2) is 22.7 Å². The lowest BCUT2D eigenvalue weighted by atomic mass is 9.75. The van der Waals surface area contributed by atoms with Gasteiger partial charge in [0.25, 0.3) is 0 Å². The van der Waals surface area contributed by atoms with E-state index in [0.717, 1.165) is 61.7 Å². The molecule has 1 fully saturated rings. The van der Waals surface area contributed by atoms with Crippen molar-refractivity contribution in [2.24, 2.45) is 5.41 Å². The van der Waals surface area contributed by atoms with E-state index in [-0.39, 0.29) is 5.41 Å². The highest BCUT2D eigenvalue weighted by molar-refractivity contribution is 9.10. The topological polar surface area (TPSA) is 30.5 Å². The first-order valence-electron chi connectivity index (χ1n) is 7.37. The molecule has 0 aromatic heterocycles. The molecule has 0 spiro atoms. The molecular formula is C16H23BrClNO2. The average molecular weight is 377 g/mol. The predicted molar refractivity (Wildman–Crippen MR) is 90.1 cm³/mol. The van der Waals surface area contributed by atoms with Gasteiger partial charge in [-0.3, -0.25) is 0 Å². The lowest BCUT2D eigenvalue weighted by Crippen LogP contribution is -2.41. The molecule has 0 bridgehead atoms. The number of rotatable bonds is 7. The van der Waals surface area contributed by atoms with Crippen molar-refractivity contribution in [3.63, 3.8) is 0 Å². The van der Waals surface area contributed by atoms with Gasteiger partial charge in [0.15, 0.2) is 0 Å². The zero-order chi connectivity index (χ0) is 15.1. The Labute approximate surface area is 140 Å². The Balaban J connectivity index is 2.04. The van der Waals surface area contributed by atoms with Crippen LogP contribution >= 0.6 is 27.5 Å². The van der Waals surface area contributed by atoms with E-state index in [9.17, 15) is 0 Å². The normalized spacial score (nSPS) is 17.9. The molecule has 1 N–H and O–H groups in total. The van der Waals surface area contributed by atoms with E-state index < -0.39 is 0 Å². The summed E-state index contributed by atoms with van der Waals surface area (Å²) in [5, 5.41) is 4.35. The summed E-state index contributed by atoms with van der Waals surface area (Å²) in [4.78, 5) is 0. The van der Waals surface area contributed by atoms with Crippen molar-refractivity contribution in [1.29, 1.82) is 0 Å². The van der Waals surface area contributed by atoms with Crippen molar-refractivity contribution in [2.45, 2.75) is 19.3 Å². The van der Waals surface area contributed by atoms with Gasteiger partial charge in [-0.25, -0.2) is 0 Å². The summed E-state index contributed by atoms with van der Waals surface area (Å²) in [6.45, 7) is 4.27. The van der Waals surface area contributed by atoms with Crippen molar-refractivity contribution in [2.75, 3.05) is 40.0 Å². The molecular weight excluding hydrogens is 354 g/mol. The van der Waals surface area contributed by atoms with Crippen LogP contribution in [0.1, 0.15) is 18.4 Å². The van der Waals surface area contributed by atoms with Crippen LogP contribution in [0.3, 0.4) is 0 Å². The molecule has 0 saturated carbocycles. The van der Waals surface area contributed by atoms with Gasteiger partial charge in [-0.15, -0.1) is 0 Å². The predicted octanol–water partition coefficient (Wildman–Crippen LogP) is 3.68. The largest absolute Gasteiger partial charge is 0.383 e. The van der Waals surface area contributed by atoms with Crippen molar-refractivity contribution < 1.29 is 9.47 Å². The third-order valence-corrected chi connectivity index (χ3v) is 4.96. The Morgan fingerprint density at radius 1 is 1.38 bits per heavy atom. The quantitative estimate of drug-likeness (QED) is 0.736. The van der Waals surface area contributed by atoms with Crippen molar-refractivity contribution in [3.8, 4) is 0 Å². The van der Waals surface area contributed by atoms with E-state index in [0.29, 0.717) is 0 Å². The minimum absolute atomic E-state index is 0.226. The van der Waals surface area contributed by atoms with Crippen LogP contribution in [0.5, 0.6) is 0 Å². The summed E-state index contributed by atoms with van der Waals surface area (Å²) in [5.41, 5.74) is 1.44. The molecule has 0 unspecified atom stereocenters. The first kappa shape index (κ1) is 17.2. The van der Waals surface area contributed by atoms with E-state index in [1.165, 1.54) is 5.56 Å². The lowest BCUT2D eigenvalue weighted by molar-refractivity contribution is 0.0143. The molecule has 1 aromatic rings. The number of ether oxygens (including phenoxy) is 2. The van der Waals surface area contributed by atoms with E-state index in [1.807, 2.05) is 6.07 Å². The molecule has 118 valence electrons. The summed E-state index contributed by atoms with van der Waals surface area (Å²) in [7, 11) is 1.73. The monoisotopic (exact) mass is 375 g/mol. The smallest absolute Gasteiger partial charge is 0.0587 e. The SMILES string of the molecule is COCCNCC1(Cc2ccc(Br)cc2Cl)CCOCC1. The maximum absolute atomic E-state index is 6.39. The number of nitrogens with one attached hydrogen (secondary N) is 1. The van der Waals surface area contributed by atoms with Crippen LogP contribution in [-0.2, 0) is 15.9 Å². The van der Waals surface area contributed by atoms with Gasteiger partial charge in [0.2, 0.25) is 0 Å². The minimum Gasteiger partial charge on any atom is -0.383 e. The Morgan fingerprint density at radius 3 is 2.81 bits per heavy atom. The second-order valence-corrected chi connectivity index (χ2v) is 7.02. The summed E-state index contributed by atoms with van der Waals surface area (Å²) < 4.78 is 11.7. The summed E-state index contributed by atoms with van der Waals surface area (Å²) in [6.07, 6.45) is 3.13. The van der Waals surface area contributed by atoms with Crippen molar-refractivity contribution in [1.82, 2.24) is 5.32 Å². The van der Waals surface area contributed by atoms with Crippen LogP contribution in [-0.4, -0.2) is 40.0 Å². The Hall–Kier alpha value is -0.130. The standard InChI is InChI=1S/C16H23BrClNO2/c1-20-9-6-19-12-16(4-7-21-8-5-16)11-13-2-3-14(17)10-15(13)18/h2-3,10,19H,4-9,11-12H2,1H3. The highest BCUT2D eigenvalue weighted by Crippen LogP contribution is 2.36. The van der Waals surface area contributed by atoms with Gasteiger partial charge in [0.05, 0.1) is 6.61 Å². The van der Waals surface area contributed by atoms with Crippen LogP contribution < -0.4 is 5.32 Å². The van der Waals surface area contributed by atoms with Crippen molar-refractivity contribution >= 4 is 27.5 Å². The fourth-order valence-electron chi connectivity index (χ4n) is 2.82. The first-order valence-corrected chi connectivity index (χ1v) is 8.54. The van der Waals surface area contributed by atoms with E-state index >= 15 is 0 Å². The number of halogens is 2. The molecule has 1 saturated heterocycles. The molecule has 1 aliphatic heterocycles. The molecule has 2 rings (SSSR count). The van der Waals surface area contributed by atoms with Gasteiger partial charge in [0, 0.05) is 42.9 Å². The van der Waals surface area contributed by atoms with Crippen LogP contribution in [0, 0.1) is 5.41 Å². The van der Waals surface area contributed by atoms with E-state index in [2.05, 4.69) is 33.4 Å². The van der Waals surface area contributed by atoms with Gasteiger partial charge >= 0.3 is 0 Å². The van der Waals surface area contributed by atoms with Gasteiger partial charge in [0.1, 0.15) is 0 Å². The second-order valence-electron chi connectivity index (χ2n) is 5.69. The van der Waals surface area contributed by atoms with Gasteiger partial charge in [-0.05, 0) is 42.4 Å². The Kier molecular flexibility index (Phi) is 6.96. The first-order chi connectivity index (χ1) is 10.2. The van der Waals surface area contributed by atoms with Gasteiger partial charge in [-0.2, -0.15) is 0 Å². The molecule has 5 heteroatoms. The maximum Gasteiger partial charge on any atom is 0.0587 e. The number of hydrogen-bond acceptors (Lipinski definition) is 3. The summed E-state index contributed by atoms with van der Waals surface area (Å²) in [6, 6.07) is 6.16. The highest BCUT2D eigenvalue weighted by Gasteiger charge is 2.33. The fraction of sp³-hybridized carbons (Fsp3) is 0.625. The number of benzene rings is 1. The molecule has 21 heavy (non-hydrogen) atoms. The zero-order valence-corrected chi connectivity index (χ0v) is 14.8. The van der Waals surface area contributed by atoms with E-state index in [4.69, 9.17) is 21.1 Å². The summed E-state index contributed by atoms with van der Waals surface area (Å²) >= 11 is 9.86. The van der Waals surface area contributed by atoms with Crippen molar-refractivity contribution in [3.05, 3.63) is 33.3 Å². The Bertz CT molecular complexity index is 450. The maximum atomic E-state index is 6.39. The molecule has 0 atom stereocenters. The molecule has 1 aliphatic rings.